The quantitative estimate of drug-likeness (QED) is 0.629. The SMILES string of the molecule is COc1cc(C=Cc2[nH]c(=O)[nH]c(=O)c2[N+](=O)[O-])cc(OC)c1. The highest BCUT2D eigenvalue weighted by molar-refractivity contribution is 5.72. The van der Waals surface area contributed by atoms with E-state index in [0.29, 0.717) is 17.1 Å². The van der Waals surface area contributed by atoms with Crippen molar-refractivity contribution in [3.05, 3.63) is 60.4 Å². The third-order valence-electron chi connectivity index (χ3n) is 2.94. The lowest BCUT2D eigenvalue weighted by Crippen LogP contribution is -2.25. The van der Waals surface area contributed by atoms with Crippen molar-refractivity contribution >= 4 is 17.8 Å². The van der Waals surface area contributed by atoms with Crippen LogP contribution in [0.4, 0.5) is 5.69 Å². The van der Waals surface area contributed by atoms with Gasteiger partial charge in [0.1, 0.15) is 17.2 Å². The maximum absolute atomic E-state index is 11.5. The summed E-state index contributed by atoms with van der Waals surface area (Å²) in [6.45, 7) is 0. The zero-order valence-corrected chi connectivity index (χ0v) is 12.3. The molecule has 0 saturated carbocycles. The molecule has 2 rings (SSSR count). The molecule has 0 spiro atoms. The lowest BCUT2D eigenvalue weighted by Gasteiger charge is -2.05. The number of aromatic amines is 2. The van der Waals surface area contributed by atoms with E-state index in [-0.39, 0.29) is 5.69 Å². The highest BCUT2D eigenvalue weighted by Crippen LogP contribution is 2.24. The number of nitrogens with one attached hydrogen (secondary N) is 2. The second kappa shape index (κ2) is 6.60. The predicted octanol–water partition coefficient (Wildman–Crippen LogP) is 1.16. The number of rotatable bonds is 5. The molecule has 0 aliphatic rings. The molecular weight excluding hydrogens is 306 g/mol. The Hall–Kier alpha value is -3.36. The lowest BCUT2D eigenvalue weighted by molar-refractivity contribution is -0.386. The number of nitrogens with zero attached hydrogens (tertiary/aromatic N) is 1. The summed E-state index contributed by atoms with van der Waals surface area (Å²) >= 11 is 0. The Morgan fingerprint density at radius 2 is 1.65 bits per heavy atom. The van der Waals surface area contributed by atoms with Crippen LogP contribution in [-0.2, 0) is 0 Å². The Kier molecular flexibility index (Phi) is 4.60. The molecule has 9 heteroatoms. The normalized spacial score (nSPS) is 10.7. The van der Waals surface area contributed by atoms with Gasteiger partial charge in [-0.1, -0.05) is 6.08 Å². The summed E-state index contributed by atoms with van der Waals surface area (Å²) in [4.78, 5) is 36.9. The highest BCUT2D eigenvalue weighted by atomic mass is 16.6. The molecule has 0 saturated heterocycles. The van der Waals surface area contributed by atoms with E-state index >= 15 is 0 Å². The first-order chi connectivity index (χ1) is 10.9. The highest BCUT2D eigenvalue weighted by Gasteiger charge is 2.18. The molecule has 9 nitrogen and oxygen atoms in total. The van der Waals surface area contributed by atoms with E-state index in [4.69, 9.17) is 9.47 Å². The van der Waals surface area contributed by atoms with Crippen LogP contribution < -0.4 is 20.7 Å². The van der Waals surface area contributed by atoms with Crippen molar-refractivity contribution in [1.29, 1.82) is 0 Å². The molecule has 1 aromatic carbocycles. The summed E-state index contributed by atoms with van der Waals surface area (Å²) in [6.07, 6.45) is 2.76. The van der Waals surface area contributed by atoms with E-state index in [1.165, 1.54) is 26.4 Å². The number of hydrogen-bond acceptors (Lipinski definition) is 6. The Labute approximate surface area is 129 Å². The molecule has 0 atom stereocenters. The first kappa shape index (κ1) is 16.0. The minimum atomic E-state index is -1.07. The van der Waals surface area contributed by atoms with E-state index in [1.54, 1.807) is 18.2 Å². The third kappa shape index (κ3) is 3.64. The topological polar surface area (TPSA) is 127 Å². The molecule has 23 heavy (non-hydrogen) atoms. The predicted molar refractivity (Wildman–Crippen MR) is 82.8 cm³/mol. The van der Waals surface area contributed by atoms with Gasteiger partial charge in [0.2, 0.25) is 0 Å². The van der Waals surface area contributed by atoms with Crippen LogP contribution in [0.3, 0.4) is 0 Å². The fourth-order valence-corrected chi connectivity index (χ4v) is 1.90. The minimum absolute atomic E-state index is 0.203. The van der Waals surface area contributed by atoms with Gasteiger partial charge >= 0.3 is 16.9 Å². The molecule has 120 valence electrons. The summed E-state index contributed by atoms with van der Waals surface area (Å²) in [5.74, 6) is 1.05. The van der Waals surface area contributed by atoms with Gasteiger partial charge in [-0.2, -0.15) is 0 Å². The number of hydrogen-bond donors (Lipinski definition) is 2. The number of nitro groups is 1. The van der Waals surface area contributed by atoms with Gasteiger partial charge in [0.15, 0.2) is 0 Å². The summed E-state index contributed by atoms with van der Waals surface area (Å²) in [5.41, 5.74) is -2.23. The van der Waals surface area contributed by atoms with Crippen LogP contribution in [0, 0.1) is 10.1 Å². The number of H-pyrrole nitrogens is 2. The molecule has 1 heterocycles. The van der Waals surface area contributed by atoms with Crippen molar-refractivity contribution in [2.75, 3.05) is 14.2 Å². The van der Waals surface area contributed by atoms with E-state index in [1.807, 2.05) is 4.98 Å². The molecule has 0 aliphatic heterocycles. The molecule has 2 N–H and O–H groups in total. The molecule has 2 aromatic rings. The Balaban J connectivity index is 2.51. The summed E-state index contributed by atoms with van der Waals surface area (Å²) in [5, 5.41) is 11.0. The first-order valence-electron chi connectivity index (χ1n) is 6.36. The zero-order chi connectivity index (χ0) is 17.0. The minimum Gasteiger partial charge on any atom is -0.497 e. The van der Waals surface area contributed by atoms with E-state index in [2.05, 4.69) is 4.98 Å². The van der Waals surface area contributed by atoms with Crippen molar-refractivity contribution in [3.63, 3.8) is 0 Å². The standard InChI is InChI=1S/C14H13N3O6/c1-22-9-5-8(6-10(7-9)23-2)3-4-11-12(17(20)21)13(18)16-14(19)15-11/h3-7H,1-2H3,(H2,15,16,18,19). The monoisotopic (exact) mass is 319 g/mol. The maximum atomic E-state index is 11.5. The van der Waals surface area contributed by atoms with Gasteiger partial charge in [-0.15, -0.1) is 0 Å². The van der Waals surface area contributed by atoms with Gasteiger partial charge in [-0.05, 0) is 23.8 Å². The smallest absolute Gasteiger partial charge is 0.357 e. The number of ether oxygens (including phenoxy) is 2. The van der Waals surface area contributed by atoms with Gasteiger partial charge in [0.05, 0.1) is 19.1 Å². The number of methoxy groups -OCH3 is 2. The van der Waals surface area contributed by atoms with E-state index < -0.39 is 21.9 Å². The summed E-state index contributed by atoms with van der Waals surface area (Å²) in [7, 11) is 2.97. The van der Waals surface area contributed by atoms with Crippen molar-refractivity contribution in [3.8, 4) is 11.5 Å². The van der Waals surface area contributed by atoms with Gasteiger partial charge in [-0.3, -0.25) is 19.9 Å². The van der Waals surface area contributed by atoms with Gasteiger partial charge < -0.3 is 14.5 Å². The molecule has 0 radical (unpaired) electrons. The molecule has 0 amide bonds. The van der Waals surface area contributed by atoms with Crippen molar-refractivity contribution in [1.82, 2.24) is 9.97 Å². The van der Waals surface area contributed by atoms with Crippen LogP contribution in [-0.4, -0.2) is 29.1 Å². The summed E-state index contributed by atoms with van der Waals surface area (Å²) < 4.78 is 10.2. The molecule has 1 aromatic heterocycles. The molecule has 0 bridgehead atoms. The van der Waals surface area contributed by atoms with Crippen LogP contribution in [0.25, 0.3) is 12.2 Å². The average molecular weight is 319 g/mol. The van der Waals surface area contributed by atoms with E-state index in [0.717, 1.165) is 0 Å². The second-order valence-corrected chi connectivity index (χ2v) is 4.41. The second-order valence-electron chi connectivity index (χ2n) is 4.41. The third-order valence-corrected chi connectivity index (χ3v) is 2.94. The van der Waals surface area contributed by atoms with Crippen molar-refractivity contribution in [2.45, 2.75) is 0 Å². The molecular formula is C14H13N3O6. The summed E-state index contributed by atoms with van der Waals surface area (Å²) in [6, 6.07) is 4.99. The van der Waals surface area contributed by atoms with Crippen LogP contribution in [0.2, 0.25) is 0 Å². The lowest BCUT2D eigenvalue weighted by atomic mass is 10.1. The van der Waals surface area contributed by atoms with Crippen LogP contribution in [0.15, 0.2) is 27.8 Å². The largest absolute Gasteiger partial charge is 0.497 e. The van der Waals surface area contributed by atoms with Crippen molar-refractivity contribution < 1.29 is 14.4 Å². The van der Waals surface area contributed by atoms with Crippen LogP contribution in [0.5, 0.6) is 11.5 Å². The van der Waals surface area contributed by atoms with Gasteiger partial charge in [-0.25, -0.2) is 4.79 Å². The van der Waals surface area contributed by atoms with Crippen LogP contribution >= 0.6 is 0 Å². The Morgan fingerprint density at radius 3 is 2.17 bits per heavy atom. The molecule has 0 aliphatic carbocycles. The molecule has 0 fully saturated rings. The van der Waals surface area contributed by atoms with Crippen LogP contribution in [0.1, 0.15) is 11.3 Å². The van der Waals surface area contributed by atoms with Crippen molar-refractivity contribution in [2.24, 2.45) is 0 Å². The molecule has 0 unspecified atom stereocenters. The fraction of sp³-hybridized carbons (Fsp3) is 0.143. The average Bonchev–Trinajstić information content (AvgIpc) is 2.51. The number of benzene rings is 1. The van der Waals surface area contributed by atoms with E-state index in [9.17, 15) is 19.7 Å². The maximum Gasteiger partial charge on any atom is 0.357 e. The van der Waals surface area contributed by atoms with Gasteiger partial charge in [0.25, 0.3) is 0 Å². The first-order valence-corrected chi connectivity index (χ1v) is 6.36. The fourth-order valence-electron chi connectivity index (χ4n) is 1.90. The Morgan fingerprint density at radius 1 is 1.04 bits per heavy atom. The number of aromatic nitrogens is 2. The van der Waals surface area contributed by atoms with Gasteiger partial charge in [0, 0.05) is 6.07 Å². The Bertz CT molecular complexity index is 859. The zero-order valence-electron chi connectivity index (χ0n) is 12.3.